The van der Waals surface area contributed by atoms with Crippen molar-refractivity contribution < 1.29 is 14.3 Å². The molecule has 12 heavy (non-hydrogen) atoms. The van der Waals surface area contributed by atoms with Gasteiger partial charge in [0.15, 0.2) is 11.9 Å². The highest BCUT2D eigenvalue weighted by Crippen LogP contribution is 2.36. The van der Waals surface area contributed by atoms with E-state index < -0.39 is 6.10 Å². The highest BCUT2D eigenvalue weighted by atomic mass is 16.5. The molecule has 1 saturated carbocycles. The molecule has 1 fully saturated rings. The first-order valence-corrected chi connectivity index (χ1v) is 4.11. The van der Waals surface area contributed by atoms with Gasteiger partial charge in [-0.2, -0.15) is 0 Å². The van der Waals surface area contributed by atoms with E-state index in [-0.39, 0.29) is 17.2 Å². The molecule has 0 N–H and O–H groups in total. The highest BCUT2D eigenvalue weighted by Gasteiger charge is 2.39. The number of esters is 1. The number of rotatable bonds is 1. The molecular formula is C9H14O3. The SMILES string of the molecule is CC(=O)OC1CC(C)(C)CC1=O. The van der Waals surface area contributed by atoms with E-state index in [9.17, 15) is 9.59 Å². The van der Waals surface area contributed by atoms with Crippen molar-refractivity contribution in [3.05, 3.63) is 0 Å². The molecule has 0 aromatic heterocycles. The van der Waals surface area contributed by atoms with Crippen LogP contribution in [-0.2, 0) is 14.3 Å². The van der Waals surface area contributed by atoms with E-state index in [1.54, 1.807) is 0 Å². The fraction of sp³-hybridized carbons (Fsp3) is 0.778. The minimum atomic E-state index is -0.488. The van der Waals surface area contributed by atoms with Crippen LogP contribution in [0.25, 0.3) is 0 Å². The molecule has 1 atom stereocenters. The third-order valence-corrected chi connectivity index (χ3v) is 2.06. The monoisotopic (exact) mass is 170 g/mol. The van der Waals surface area contributed by atoms with Crippen LogP contribution in [0, 0.1) is 5.41 Å². The Morgan fingerprint density at radius 1 is 1.58 bits per heavy atom. The van der Waals surface area contributed by atoms with Crippen molar-refractivity contribution in [2.45, 2.75) is 39.7 Å². The van der Waals surface area contributed by atoms with Crippen LogP contribution in [0.3, 0.4) is 0 Å². The molecule has 0 radical (unpaired) electrons. The standard InChI is InChI=1S/C9H14O3/c1-6(10)12-8-5-9(2,3)4-7(8)11/h8H,4-5H2,1-3H3. The average molecular weight is 170 g/mol. The Labute approximate surface area is 72.1 Å². The van der Waals surface area contributed by atoms with Gasteiger partial charge in [0.2, 0.25) is 0 Å². The van der Waals surface area contributed by atoms with Gasteiger partial charge in [-0.05, 0) is 11.8 Å². The van der Waals surface area contributed by atoms with Gasteiger partial charge < -0.3 is 4.74 Å². The molecule has 0 spiro atoms. The zero-order valence-electron chi connectivity index (χ0n) is 7.72. The summed E-state index contributed by atoms with van der Waals surface area (Å²) >= 11 is 0. The van der Waals surface area contributed by atoms with Gasteiger partial charge in [-0.1, -0.05) is 13.8 Å². The molecule has 3 nitrogen and oxygen atoms in total. The highest BCUT2D eigenvalue weighted by molar-refractivity contribution is 5.87. The molecule has 0 bridgehead atoms. The number of hydrogen-bond donors (Lipinski definition) is 0. The Bertz CT molecular complexity index is 218. The molecule has 68 valence electrons. The molecule has 3 heteroatoms. The van der Waals surface area contributed by atoms with Gasteiger partial charge >= 0.3 is 5.97 Å². The van der Waals surface area contributed by atoms with E-state index in [2.05, 4.69) is 0 Å². The second-order valence-electron chi connectivity index (χ2n) is 4.11. The lowest BCUT2D eigenvalue weighted by atomic mass is 9.92. The normalized spacial score (nSPS) is 27.2. The first-order chi connectivity index (χ1) is 5.41. The minimum absolute atomic E-state index is 0.00278. The van der Waals surface area contributed by atoms with Crippen LogP contribution in [-0.4, -0.2) is 17.9 Å². The Morgan fingerprint density at radius 3 is 2.50 bits per heavy atom. The summed E-state index contributed by atoms with van der Waals surface area (Å²) in [6.07, 6.45) is 0.689. The summed E-state index contributed by atoms with van der Waals surface area (Å²) in [6, 6.07) is 0. The molecular weight excluding hydrogens is 156 g/mol. The fourth-order valence-corrected chi connectivity index (χ4v) is 1.58. The topological polar surface area (TPSA) is 43.4 Å². The number of carbonyl (C=O) groups is 2. The number of carbonyl (C=O) groups excluding carboxylic acids is 2. The van der Waals surface area contributed by atoms with Gasteiger partial charge in [0.1, 0.15) is 0 Å². The van der Waals surface area contributed by atoms with E-state index in [0.29, 0.717) is 12.8 Å². The lowest BCUT2D eigenvalue weighted by Gasteiger charge is -2.14. The third-order valence-electron chi connectivity index (χ3n) is 2.06. The third kappa shape index (κ3) is 2.06. The fourth-order valence-electron chi connectivity index (χ4n) is 1.58. The maximum Gasteiger partial charge on any atom is 0.303 e. The summed E-state index contributed by atoms with van der Waals surface area (Å²) in [5, 5.41) is 0. The molecule has 0 aliphatic heterocycles. The molecule has 1 rings (SSSR count). The Balaban J connectivity index is 2.58. The van der Waals surface area contributed by atoms with E-state index in [1.165, 1.54) is 6.92 Å². The predicted molar refractivity (Wildman–Crippen MR) is 43.6 cm³/mol. The lowest BCUT2D eigenvalue weighted by molar-refractivity contribution is -0.151. The van der Waals surface area contributed by atoms with Gasteiger partial charge in [0.25, 0.3) is 0 Å². The molecule has 0 saturated heterocycles. The zero-order valence-corrected chi connectivity index (χ0v) is 7.72. The summed E-state index contributed by atoms with van der Waals surface area (Å²) in [4.78, 5) is 21.8. The van der Waals surface area contributed by atoms with Crippen LogP contribution in [0.15, 0.2) is 0 Å². The van der Waals surface area contributed by atoms with E-state index in [4.69, 9.17) is 4.74 Å². The first-order valence-electron chi connectivity index (χ1n) is 4.11. The quantitative estimate of drug-likeness (QED) is 0.557. The summed E-state index contributed by atoms with van der Waals surface area (Å²) in [5.74, 6) is -0.318. The van der Waals surface area contributed by atoms with Crippen molar-refractivity contribution >= 4 is 11.8 Å². The van der Waals surface area contributed by atoms with Gasteiger partial charge in [0, 0.05) is 13.3 Å². The second-order valence-corrected chi connectivity index (χ2v) is 4.11. The minimum Gasteiger partial charge on any atom is -0.455 e. The Morgan fingerprint density at radius 2 is 2.17 bits per heavy atom. The molecule has 1 aliphatic rings. The first kappa shape index (κ1) is 9.23. The Hall–Kier alpha value is -0.860. The Kier molecular flexibility index (Phi) is 2.22. The van der Waals surface area contributed by atoms with Gasteiger partial charge in [0.05, 0.1) is 0 Å². The molecule has 0 amide bonds. The van der Waals surface area contributed by atoms with E-state index in [1.807, 2.05) is 13.8 Å². The van der Waals surface area contributed by atoms with E-state index >= 15 is 0 Å². The maximum atomic E-state index is 11.2. The van der Waals surface area contributed by atoms with Crippen LogP contribution in [0.2, 0.25) is 0 Å². The number of ether oxygens (including phenoxy) is 1. The van der Waals surface area contributed by atoms with Gasteiger partial charge in [-0.15, -0.1) is 0 Å². The number of hydrogen-bond acceptors (Lipinski definition) is 3. The molecule has 0 heterocycles. The van der Waals surface area contributed by atoms with Gasteiger partial charge in [-0.3, -0.25) is 9.59 Å². The van der Waals surface area contributed by atoms with Crippen molar-refractivity contribution in [2.75, 3.05) is 0 Å². The summed E-state index contributed by atoms with van der Waals surface area (Å²) < 4.78 is 4.87. The van der Waals surface area contributed by atoms with Crippen LogP contribution in [0.4, 0.5) is 0 Å². The van der Waals surface area contributed by atoms with Crippen LogP contribution >= 0.6 is 0 Å². The second kappa shape index (κ2) is 2.88. The average Bonchev–Trinajstić information content (AvgIpc) is 2.03. The number of Topliss-reactive ketones (excluding diaryl/α,β-unsaturated/α-hetero) is 1. The number of ketones is 1. The molecule has 0 aromatic rings. The van der Waals surface area contributed by atoms with E-state index in [0.717, 1.165) is 0 Å². The van der Waals surface area contributed by atoms with Gasteiger partial charge in [-0.25, -0.2) is 0 Å². The summed E-state index contributed by atoms with van der Waals surface area (Å²) in [7, 11) is 0. The molecule has 1 aliphatic carbocycles. The van der Waals surface area contributed by atoms with Crippen molar-refractivity contribution in [1.29, 1.82) is 0 Å². The van der Waals surface area contributed by atoms with Crippen LogP contribution < -0.4 is 0 Å². The van der Waals surface area contributed by atoms with Crippen molar-refractivity contribution in [3.63, 3.8) is 0 Å². The smallest absolute Gasteiger partial charge is 0.303 e. The van der Waals surface area contributed by atoms with Crippen LogP contribution in [0.1, 0.15) is 33.6 Å². The molecule has 0 aromatic carbocycles. The maximum absolute atomic E-state index is 11.2. The summed E-state index contributed by atoms with van der Waals surface area (Å²) in [6.45, 7) is 5.35. The summed E-state index contributed by atoms with van der Waals surface area (Å²) in [5.41, 5.74) is -0.00278. The largest absolute Gasteiger partial charge is 0.455 e. The van der Waals surface area contributed by atoms with Crippen molar-refractivity contribution in [2.24, 2.45) is 5.41 Å². The van der Waals surface area contributed by atoms with Crippen molar-refractivity contribution in [1.82, 2.24) is 0 Å². The van der Waals surface area contributed by atoms with Crippen molar-refractivity contribution in [3.8, 4) is 0 Å². The molecule has 1 unspecified atom stereocenters. The predicted octanol–water partition coefficient (Wildman–Crippen LogP) is 1.31. The lowest BCUT2D eigenvalue weighted by Crippen LogP contribution is -2.20. The van der Waals surface area contributed by atoms with Crippen LogP contribution in [0.5, 0.6) is 0 Å². The zero-order chi connectivity index (χ0) is 9.35.